The molecule has 0 aliphatic heterocycles. The number of aliphatic carboxylic acids is 1. The number of rotatable bonds is 5. The Labute approximate surface area is 96.7 Å². The molecule has 0 fully saturated rings. The van der Waals surface area contributed by atoms with E-state index in [2.05, 4.69) is 25.8 Å². The van der Waals surface area contributed by atoms with E-state index in [1.807, 2.05) is 6.92 Å². The molecular weight excluding hydrogens is 224 g/mol. The molecule has 90 valence electrons. The molecule has 0 amide bonds. The number of nitrogens with zero attached hydrogens (tertiary/aromatic N) is 5. The largest absolute Gasteiger partial charge is 0.481 e. The Hall–Kier alpha value is -2.25. The zero-order valence-electron chi connectivity index (χ0n) is 9.24. The standard InChI is InChI=1S/C9H12N6O2/c1-6(2-9(16)17)3-11-7-4-10-5-8-12-13-14-15(7)8/h4-6,11H,2-3H2,1H3,(H,16,17). The van der Waals surface area contributed by atoms with Crippen LogP contribution in [0.2, 0.25) is 0 Å². The molecule has 1 unspecified atom stereocenters. The topological polar surface area (TPSA) is 105 Å². The summed E-state index contributed by atoms with van der Waals surface area (Å²) in [6.45, 7) is 2.38. The Morgan fingerprint density at radius 3 is 3.18 bits per heavy atom. The molecule has 0 spiro atoms. The quantitative estimate of drug-likeness (QED) is 0.755. The summed E-state index contributed by atoms with van der Waals surface area (Å²) in [5.74, 6) is -0.151. The lowest BCUT2D eigenvalue weighted by Crippen LogP contribution is -2.16. The van der Waals surface area contributed by atoms with Crippen LogP contribution < -0.4 is 5.32 Å². The van der Waals surface area contributed by atoms with Gasteiger partial charge in [-0.2, -0.15) is 4.52 Å². The Balaban J connectivity index is 2.03. The van der Waals surface area contributed by atoms with E-state index < -0.39 is 5.97 Å². The smallest absolute Gasteiger partial charge is 0.303 e. The minimum Gasteiger partial charge on any atom is -0.481 e. The molecule has 0 aromatic carbocycles. The lowest BCUT2D eigenvalue weighted by atomic mass is 10.1. The molecule has 0 bridgehead atoms. The van der Waals surface area contributed by atoms with Gasteiger partial charge in [0.25, 0.3) is 0 Å². The van der Waals surface area contributed by atoms with Crippen LogP contribution in [0.5, 0.6) is 0 Å². The van der Waals surface area contributed by atoms with Gasteiger partial charge in [-0.1, -0.05) is 6.92 Å². The SMILES string of the molecule is CC(CNc1cncc2nnnn12)CC(=O)O. The van der Waals surface area contributed by atoms with Gasteiger partial charge in [-0.3, -0.25) is 9.78 Å². The monoisotopic (exact) mass is 236 g/mol. The summed E-state index contributed by atoms with van der Waals surface area (Å²) in [7, 11) is 0. The number of aromatic nitrogens is 5. The van der Waals surface area contributed by atoms with Gasteiger partial charge in [0.2, 0.25) is 0 Å². The molecule has 17 heavy (non-hydrogen) atoms. The van der Waals surface area contributed by atoms with Crippen molar-refractivity contribution in [3.8, 4) is 0 Å². The number of hydrogen-bond acceptors (Lipinski definition) is 6. The number of carboxylic acid groups (broad SMARTS) is 1. The highest BCUT2D eigenvalue weighted by molar-refractivity contribution is 5.67. The summed E-state index contributed by atoms with van der Waals surface area (Å²) in [6, 6.07) is 0. The predicted molar refractivity (Wildman–Crippen MR) is 58.5 cm³/mol. The van der Waals surface area contributed by atoms with Gasteiger partial charge in [-0.05, 0) is 16.3 Å². The molecule has 0 aliphatic rings. The van der Waals surface area contributed by atoms with E-state index in [9.17, 15) is 4.79 Å². The highest BCUT2D eigenvalue weighted by Gasteiger charge is 2.09. The first-order valence-corrected chi connectivity index (χ1v) is 5.14. The number of carbonyl (C=O) groups is 1. The predicted octanol–water partition coefficient (Wildman–Crippen LogP) is 0.0420. The molecule has 0 saturated heterocycles. The van der Waals surface area contributed by atoms with Gasteiger partial charge in [-0.15, -0.1) is 5.10 Å². The number of nitrogens with one attached hydrogen (secondary N) is 1. The van der Waals surface area contributed by atoms with Crippen molar-refractivity contribution in [2.75, 3.05) is 11.9 Å². The molecule has 8 nitrogen and oxygen atoms in total. The fourth-order valence-electron chi connectivity index (χ4n) is 1.44. The number of fused-ring (bicyclic) bond motifs is 1. The van der Waals surface area contributed by atoms with Crippen LogP contribution in [-0.4, -0.2) is 42.6 Å². The summed E-state index contributed by atoms with van der Waals surface area (Å²) in [6.07, 6.45) is 3.26. The number of tetrazole rings is 1. The van der Waals surface area contributed by atoms with Crippen LogP contribution in [0.25, 0.3) is 5.65 Å². The summed E-state index contributed by atoms with van der Waals surface area (Å²) in [4.78, 5) is 14.5. The van der Waals surface area contributed by atoms with Crippen LogP contribution in [0.4, 0.5) is 5.82 Å². The van der Waals surface area contributed by atoms with Crippen molar-refractivity contribution in [2.45, 2.75) is 13.3 Å². The van der Waals surface area contributed by atoms with Crippen LogP contribution in [0.3, 0.4) is 0 Å². The van der Waals surface area contributed by atoms with Crippen molar-refractivity contribution in [1.29, 1.82) is 0 Å². The van der Waals surface area contributed by atoms with Gasteiger partial charge < -0.3 is 10.4 Å². The van der Waals surface area contributed by atoms with Crippen LogP contribution in [-0.2, 0) is 4.79 Å². The van der Waals surface area contributed by atoms with Crippen molar-refractivity contribution in [3.05, 3.63) is 12.4 Å². The van der Waals surface area contributed by atoms with E-state index >= 15 is 0 Å². The first-order valence-electron chi connectivity index (χ1n) is 5.14. The summed E-state index contributed by atoms with van der Waals surface area (Å²) < 4.78 is 1.51. The molecule has 2 heterocycles. The normalized spacial score (nSPS) is 12.5. The van der Waals surface area contributed by atoms with Crippen LogP contribution in [0, 0.1) is 5.92 Å². The Bertz CT molecular complexity index is 525. The van der Waals surface area contributed by atoms with Gasteiger partial charge >= 0.3 is 5.97 Å². The number of carboxylic acids is 1. The molecule has 1 atom stereocenters. The van der Waals surface area contributed by atoms with E-state index in [1.165, 1.54) is 4.52 Å². The second-order valence-corrected chi connectivity index (χ2v) is 3.83. The highest BCUT2D eigenvalue weighted by atomic mass is 16.4. The van der Waals surface area contributed by atoms with Crippen molar-refractivity contribution >= 4 is 17.4 Å². The van der Waals surface area contributed by atoms with Crippen molar-refractivity contribution in [1.82, 2.24) is 25.0 Å². The lowest BCUT2D eigenvalue weighted by molar-refractivity contribution is -0.137. The Morgan fingerprint density at radius 1 is 1.59 bits per heavy atom. The molecule has 0 radical (unpaired) electrons. The number of anilines is 1. The second-order valence-electron chi connectivity index (χ2n) is 3.83. The maximum Gasteiger partial charge on any atom is 0.303 e. The van der Waals surface area contributed by atoms with Crippen LogP contribution in [0.1, 0.15) is 13.3 Å². The van der Waals surface area contributed by atoms with Crippen molar-refractivity contribution in [3.63, 3.8) is 0 Å². The summed E-state index contributed by atoms with van der Waals surface area (Å²) in [5.41, 5.74) is 0.542. The molecule has 2 N–H and O–H groups in total. The third-order valence-corrected chi connectivity index (χ3v) is 2.26. The summed E-state index contributed by atoms with van der Waals surface area (Å²) >= 11 is 0. The average Bonchev–Trinajstić information content (AvgIpc) is 2.73. The molecule has 2 aromatic heterocycles. The third-order valence-electron chi connectivity index (χ3n) is 2.26. The van der Waals surface area contributed by atoms with E-state index in [4.69, 9.17) is 5.11 Å². The van der Waals surface area contributed by atoms with E-state index in [0.29, 0.717) is 18.0 Å². The second kappa shape index (κ2) is 4.73. The molecule has 0 saturated carbocycles. The van der Waals surface area contributed by atoms with Gasteiger partial charge in [0.05, 0.1) is 12.4 Å². The molecule has 2 aromatic rings. The van der Waals surface area contributed by atoms with Gasteiger partial charge in [0.15, 0.2) is 5.65 Å². The van der Waals surface area contributed by atoms with Gasteiger partial charge in [0, 0.05) is 13.0 Å². The van der Waals surface area contributed by atoms with Crippen molar-refractivity contribution < 1.29 is 9.90 Å². The van der Waals surface area contributed by atoms with E-state index in [1.54, 1.807) is 12.4 Å². The average molecular weight is 236 g/mol. The summed E-state index contributed by atoms with van der Waals surface area (Å²) in [5, 5.41) is 22.8. The number of hydrogen-bond donors (Lipinski definition) is 2. The Morgan fingerprint density at radius 2 is 2.41 bits per heavy atom. The maximum absolute atomic E-state index is 10.5. The van der Waals surface area contributed by atoms with E-state index in [-0.39, 0.29) is 12.3 Å². The van der Waals surface area contributed by atoms with Crippen LogP contribution in [0.15, 0.2) is 12.4 Å². The molecule has 2 rings (SSSR count). The first-order chi connectivity index (χ1) is 8.16. The zero-order chi connectivity index (χ0) is 12.3. The first kappa shape index (κ1) is 11.2. The maximum atomic E-state index is 10.5. The highest BCUT2D eigenvalue weighted by Crippen LogP contribution is 2.08. The van der Waals surface area contributed by atoms with Crippen molar-refractivity contribution in [2.24, 2.45) is 5.92 Å². The molecular formula is C9H12N6O2. The van der Waals surface area contributed by atoms with E-state index in [0.717, 1.165) is 0 Å². The van der Waals surface area contributed by atoms with Gasteiger partial charge in [0.1, 0.15) is 5.82 Å². The fourth-order valence-corrected chi connectivity index (χ4v) is 1.44. The Kier molecular flexibility index (Phi) is 3.12. The molecule has 0 aliphatic carbocycles. The zero-order valence-corrected chi connectivity index (χ0v) is 9.24. The van der Waals surface area contributed by atoms with Gasteiger partial charge in [-0.25, -0.2) is 0 Å². The molecule has 8 heteroatoms. The minimum atomic E-state index is -0.807. The lowest BCUT2D eigenvalue weighted by Gasteiger charge is -2.11. The fraction of sp³-hybridized carbons (Fsp3) is 0.444. The minimum absolute atomic E-state index is 0.0132. The third kappa shape index (κ3) is 2.65. The van der Waals surface area contributed by atoms with Crippen LogP contribution >= 0.6 is 0 Å².